The third-order valence-electron chi connectivity index (χ3n) is 3.22. The Bertz CT molecular complexity index is 785. The molecule has 1 aromatic heterocycles. The second-order valence-corrected chi connectivity index (χ2v) is 4.87. The number of rotatable bonds is 2. The second-order valence-electron chi connectivity index (χ2n) is 4.43. The van der Waals surface area contributed by atoms with Crippen molar-refractivity contribution < 1.29 is 0 Å². The Morgan fingerprint density at radius 1 is 1.05 bits per heavy atom. The maximum atomic E-state index is 9.53. The SMILES string of the molecule is N#C[C@H](c1ccc(Cl)cc1)c1cnnc2ccccc12. The molecule has 0 N–H and O–H groups in total. The second kappa shape index (κ2) is 5.28. The van der Waals surface area contributed by atoms with E-state index in [4.69, 9.17) is 11.6 Å². The van der Waals surface area contributed by atoms with Crippen molar-refractivity contribution in [3.05, 3.63) is 70.9 Å². The van der Waals surface area contributed by atoms with Gasteiger partial charge in [0.2, 0.25) is 0 Å². The fourth-order valence-corrected chi connectivity index (χ4v) is 2.36. The highest BCUT2D eigenvalue weighted by Crippen LogP contribution is 2.29. The molecule has 0 aliphatic rings. The molecule has 0 amide bonds. The number of hydrogen-bond donors (Lipinski definition) is 0. The molecule has 1 heterocycles. The summed E-state index contributed by atoms with van der Waals surface area (Å²) < 4.78 is 0. The standard InChI is InChI=1S/C16H10ClN3/c17-12-7-5-11(6-8-12)14(9-18)15-10-19-20-16-4-2-1-3-13(15)16/h1-8,10,14H/t14-/m1/s1. The molecule has 2 aromatic carbocycles. The first-order valence-corrected chi connectivity index (χ1v) is 6.53. The van der Waals surface area contributed by atoms with Crippen molar-refractivity contribution in [2.24, 2.45) is 0 Å². The zero-order chi connectivity index (χ0) is 13.9. The lowest BCUT2D eigenvalue weighted by Crippen LogP contribution is -2.01. The molecule has 96 valence electrons. The molecule has 1 atom stereocenters. The van der Waals surface area contributed by atoms with Crippen molar-refractivity contribution >= 4 is 22.5 Å². The molecule has 0 saturated carbocycles. The van der Waals surface area contributed by atoms with E-state index in [2.05, 4.69) is 16.3 Å². The normalized spacial score (nSPS) is 12.0. The van der Waals surface area contributed by atoms with Gasteiger partial charge in [-0.15, -0.1) is 0 Å². The number of fused-ring (bicyclic) bond motifs is 1. The lowest BCUT2D eigenvalue weighted by atomic mass is 9.91. The van der Waals surface area contributed by atoms with Crippen LogP contribution in [0.3, 0.4) is 0 Å². The molecule has 0 saturated heterocycles. The van der Waals surface area contributed by atoms with Crippen LogP contribution in [0.4, 0.5) is 0 Å². The van der Waals surface area contributed by atoms with E-state index in [9.17, 15) is 5.26 Å². The van der Waals surface area contributed by atoms with Gasteiger partial charge in [-0.2, -0.15) is 15.5 Å². The predicted molar refractivity (Wildman–Crippen MR) is 78.4 cm³/mol. The van der Waals surface area contributed by atoms with Crippen LogP contribution in [0, 0.1) is 11.3 Å². The number of hydrogen-bond acceptors (Lipinski definition) is 3. The van der Waals surface area contributed by atoms with Gasteiger partial charge in [-0.1, -0.05) is 41.9 Å². The van der Waals surface area contributed by atoms with Crippen molar-refractivity contribution in [2.45, 2.75) is 5.92 Å². The van der Waals surface area contributed by atoms with Crippen LogP contribution in [0.2, 0.25) is 5.02 Å². The molecule has 0 bridgehead atoms. The third kappa shape index (κ3) is 2.22. The Balaban J connectivity index is 2.17. The van der Waals surface area contributed by atoms with Crippen LogP contribution in [-0.4, -0.2) is 10.2 Å². The van der Waals surface area contributed by atoms with E-state index in [1.807, 2.05) is 36.4 Å². The van der Waals surface area contributed by atoms with Gasteiger partial charge in [0, 0.05) is 16.0 Å². The van der Waals surface area contributed by atoms with Gasteiger partial charge < -0.3 is 0 Å². The van der Waals surface area contributed by atoms with Crippen LogP contribution in [-0.2, 0) is 0 Å². The molecule has 0 spiro atoms. The number of nitriles is 1. The quantitative estimate of drug-likeness (QED) is 0.714. The van der Waals surface area contributed by atoms with Gasteiger partial charge in [-0.25, -0.2) is 0 Å². The van der Waals surface area contributed by atoms with E-state index in [0.29, 0.717) is 5.02 Å². The lowest BCUT2D eigenvalue weighted by Gasteiger charge is -2.11. The Kier molecular flexibility index (Phi) is 3.32. The van der Waals surface area contributed by atoms with E-state index >= 15 is 0 Å². The highest BCUT2D eigenvalue weighted by molar-refractivity contribution is 6.30. The van der Waals surface area contributed by atoms with Gasteiger partial charge in [-0.3, -0.25) is 0 Å². The van der Waals surface area contributed by atoms with E-state index < -0.39 is 0 Å². The first-order valence-electron chi connectivity index (χ1n) is 6.15. The van der Waals surface area contributed by atoms with Crippen LogP contribution in [0.25, 0.3) is 10.9 Å². The number of benzene rings is 2. The first kappa shape index (κ1) is 12.6. The van der Waals surface area contributed by atoms with Crippen LogP contribution in [0.1, 0.15) is 17.0 Å². The van der Waals surface area contributed by atoms with E-state index in [0.717, 1.165) is 22.0 Å². The van der Waals surface area contributed by atoms with Crippen molar-refractivity contribution in [2.75, 3.05) is 0 Å². The Labute approximate surface area is 121 Å². The first-order chi connectivity index (χ1) is 9.79. The van der Waals surface area contributed by atoms with Crippen LogP contribution in [0.5, 0.6) is 0 Å². The molecule has 0 aliphatic carbocycles. The highest BCUT2D eigenvalue weighted by atomic mass is 35.5. The fraction of sp³-hybridized carbons (Fsp3) is 0.0625. The molecule has 4 heteroatoms. The molecule has 20 heavy (non-hydrogen) atoms. The van der Waals surface area contributed by atoms with E-state index in [-0.39, 0.29) is 5.92 Å². The molecule has 0 aliphatic heterocycles. The summed E-state index contributed by atoms with van der Waals surface area (Å²) in [4.78, 5) is 0. The van der Waals surface area contributed by atoms with E-state index in [1.165, 1.54) is 0 Å². The zero-order valence-corrected chi connectivity index (χ0v) is 11.2. The Morgan fingerprint density at radius 2 is 1.80 bits per heavy atom. The van der Waals surface area contributed by atoms with Gasteiger partial charge in [0.25, 0.3) is 0 Å². The molecular formula is C16H10ClN3. The maximum absolute atomic E-state index is 9.53. The zero-order valence-electron chi connectivity index (χ0n) is 10.5. The largest absolute Gasteiger partial charge is 0.197 e. The minimum absolute atomic E-state index is 0.382. The van der Waals surface area contributed by atoms with Crippen molar-refractivity contribution in [3.8, 4) is 6.07 Å². The van der Waals surface area contributed by atoms with Crippen LogP contribution >= 0.6 is 11.6 Å². The molecule has 0 unspecified atom stereocenters. The average Bonchev–Trinajstić information content (AvgIpc) is 2.50. The van der Waals surface area contributed by atoms with Gasteiger partial charge in [0.15, 0.2) is 0 Å². The topological polar surface area (TPSA) is 49.6 Å². The number of aromatic nitrogens is 2. The number of halogens is 1. The summed E-state index contributed by atoms with van der Waals surface area (Å²) in [6.45, 7) is 0. The monoisotopic (exact) mass is 279 g/mol. The molecular weight excluding hydrogens is 270 g/mol. The van der Waals surface area contributed by atoms with Gasteiger partial charge in [0.1, 0.15) is 0 Å². The summed E-state index contributed by atoms with van der Waals surface area (Å²) in [5.41, 5.74) is 2.55. The summed E-state index contributed by atoms with van der Waals surface area (Å²) in [6.07, 6.45) is 1.66. The lowest BCUT2D eigenvalue weighted by molar-refractivity contribution is 0.988. The predicted octanol–water partition coefficient (Wildman–Crippen LogP) is 3.94. The van der Waals surface area contributed by atoms with E-state index in [1.54, 1.807) is 18.3 Å². The molecule has 3 aromatic rings. The van der Waals surface area contributed by atoms with Crippen LogP contribution < -0.4 is 0 Å². The third-order valence-corrected chi connectivity index (χ3v) is 3.47. The Morgan fingerprint density at radius 3 is 2.55 bits per heavy atom. The summed E-state index contributed by atoms with van der Waals surface area (Å²) in [5.74, 6) is -0.382. The maximum Gasteiger partial charge on any atom is 0.0984 e. The fourth-order valence-electron chi connectivity index (χ4n) is 2.24. The highest BCUT2D eigenvalue weighted by Gasteiger charge is 2.16. The summed E-state index contributed by atoms with van der Waals surface area (Å²) >= 11 is 5.90. The Hall–Kier alpha value is -2.44. The minimum atomic E-state index is -0.382. The molecule has 0 radical (unpaired) electrons. The summed E-state index contributed by atoms with van der Waals surface area (Å²) in [7, 11) is 0. The van der Waals surface area contributed by atoms with Crippen molar-refractivity contribution in [3.63, 3.8) is 0 Å². The number of nitrogens with zero attached hydrogens (tertiary/aromatic N) is 3. The van der Waals surface area contributed by atoms with Crippen LogP contribution in [0.15, 0.2) is 54.7 Å². The molecule has 0 fully saturated rings. The smallest absolute Gasteiger partial charge is 0.0984 e. The van der Waals surface area contributed by atoms with Gasteiger partial charge >= 0.3 is 0 Å². The summed E-state index contributed by atoms with van der Waals surface area (Å²) in [5, 5.41) is 19.2. The van der Waals surface area contributed by atoms with Crippen molar-refractivity contribution in [1.82, 2.24) is 10.2 Å². The minimum Gasteiger partial charge on any atom is -0.197 e. The average molecular weight is 280 g/mol. The molecule has 3 rings (SSSR count). The summed E-state index contributed by atoms with van der Waals surface area (Å²) in [6, 6.07) is 17.3. The van der Waals surface area contributed by atoms with Gasteiger partial charge in [-0.05, 0) is 23.8 Å². The molecule has 3 nitrogen and oxygen atoms in total. The van der Waals surface area contributed by atoms with Gasteiger partial charge in [0.05, 0.1) is 23.7 Å². The van der Waals surface area contributed by atoms with Crippen molar-refractivity contribution in [1.29, 1.82) is 5.26 Å².